The van der Waals surface area contributed by atoms with Gasteiger partial charge in [-0.2, -0.15) is 0 Å². The van der Waals surface area contributed by atoms with E-state index in [0.717, 1.165) is 0 Å². The standard InChI is InChI=1S/C26H31F2N3O7/c1-4-10-5-12(8-30-9-15(27)28)20(32)17-13(10)6-11-7-14-19(31(2)3)22(34)18(25(29)37)24(36)26(14,38)23(35)16(11)21(17)33/h5,11,14-16,18-19,30,32,38H,4,6-9H2,1-3H3,(H2,29,37)/t11-,14-,16?,18?,19-,26-/m0/s1. The zero-order valence-corrected chi connectivity index (χ0v) is 21.3. The smallest absolute Gasteiger partial charge is 0.250 e. The number of phenols is 1. The summed E-state index contributed by atoms with van der Waals surface area (Å²) in [5.41, 5.74) is 3.79. The number of rotatable bonds is 7. The highest BCUT2D eigenvalue weighted by molar-refractivity contribution is 6.32. The second-order valence-corrected chi connectivity index (χ2v) is 10.6. The summed E-state index contributed by atoms with van der Waals surface area (Å²) in [6.07, 6.45) is -2.04. The Bertz CT molecular complexity index is 1230. The molecule has 206 valence electrons. The number of likely N-dealkylation sites (N-methyl/N-ethyl adjacent to an activating group) is 1. The van der Waals surface area contributed by atoms with E-state index in [2.05, 4.69) is 5.32 Å². The minimum absolute atomic E-state index is 0.0362. The number of aryl methyl sites for hydroxylation is 1. The van der Waals surface area contributed by atoms with E-state index in [1.165, 1.54) is 19.0 Å². The summed E-state index contributed by atoms with van der Waals surface area (Å²) in [4.78, 5) is 67.5. The molecule has 0 radical (unpaired) electrons. The molecule has 6 atom stereocenters. The first kappa shape index (κ1) is 27.9. The van der Waals surface area contributed by atoms with E-state index in [1.807, 2.05) is 6.92 Å². The number of fused-ring (bicyclic) bond motifs is 3. The molecule has 38 heavy (non-hydrogen) atoms. The number of amides is 1. The fourth-order valence-corrected chi connectivity index (χ4v) is 6.58. The molecule has 0 bridgehead atoms. The third-order valence-electron chi connectivity index (χ3n) is 8.23. The predicted octanol–water partition coefficient (Wildman–Crippen LogP) is -0.216. The molecule has 1 aromatic carbocycles. The van der Waals surface area contributed by atoms with Gasteiger partial charge in [-0.25, -0.2) is 8.78 Å². The molecule has 3 aliphatic rings. The molecule has 10 nitrogen and oxygen atoms in total. The van der Waals surface area contributed by atoms with Crippen molar-refractivity contribution in [1.29, 1.82) is 0 Å². The Morgan fingerprint density at radius 1 is 1.21 bits per heavy atom. The van der Waals surface area contributed by atoms with Crippen LogP contribution in [0.3, 0.4) is 0 Å². The number of benzene rings is 1. The Hall–Kier alpha value is -3.09. The van der Waals surface area contributed by atoms with Crippen molar-refractivity contribution in [3.8, 4) is 5.75 Å². The van der Waals surface area contributed by atoms with Crippen molar-refractivity contribution in [1.82, 2.24) is 10.2 Å². The Balaban J connectivity index is 1.82. The van der Waals surface area contributed by atoms with Crippen molar-refractivity contribution in [3.63, 3.8) is 0 Å². The zero-order chi connectivity index (χ0) is 28.3. The van der Waals surface area contributed by atoms with Gasteiger partial charge in [0.05, 0.1) is 24.1 Å². The first-order chi connectivity index (χ1) is 17.8. The van der Waals surface area contributed by atoms with Crippen LogP contribution < -0.4 is 11.1 Å². The molecule has 5 N–H and O–H groups in total. The number of primary amides is 1. The van der Waals surface area contributed by atoms with Crippen LogP contribution in [0, 0.1) is 23.7 Å². The number of aromatic hydroxyl groups is 1. The van der Waals surface area contributed by atoms with Crippen LogP contribution in [-0.2, 0) is 38.6 Å². The number of phenolic OH excluding ortho intramolecular Hbond substituents is 1. The average molecular weight is 536 g/mol. The summed E-state index contributed by atoms with van der Waals surface area (Å²) in [5, 5.41) is 25.1. The number of carbonyl (C=O) groups excluding carboxylic acids is 5. The van der Waals surface area contributed by atoms with Crippen LogP contribution >= 0.6 is 0 Å². The zero-order valence-electron chi connectivity index (χ0n) is 21.3. The second kappa shape index (κ2) is 9.90. The summed E-state index contributed by atoms with van der Waals surface area (Å²) in [6.45, 7) is 1.05. The van der Waals surface area contributed by atoms with Gasteiger partial charge in [0, 0.05) is 18.0 Å². The number of carbonyl (C=O) groups is 5. The minimum atomic E-state index is -2.80. The molecule has 2 fully saturated rings. The number of nitrogens with zero attached hydrogens (tertiary/aromatic N) is 1. The molecular formula is C26H31F2N3O7. The van der Waals surface area contributed by atoms with Crippen molar-refractivity contribution in [2.45, 2.75) is 50.8 Å². The van der Waals surface area contributed by atoms with Gasteiger partial charge in [0.25, 0.3) is 6.43 Å². The van der Waals surface area contributed by atoms with Crippen molar-refractivity contribution < 1.29 is 43.0 Å². The van der Waals surface area contributed by atoms with Crippen LogP contribution in [0.15, 0.2) is 6.07 Å². The molecule has 0 spiro atoms. The fourth-order valence-electron chi connectivity index (χ4n) is 6.58. The number of halogens is 2. The maximum atomic E-state index is 13.8. The largest absolute Gasteiger partial charge is 0.507 e. The number of aliphatic hydroxyl groups is 1. The third-order valence-corrected chi connectivity index (χ3v) is 8.23. The molecule has 12 heteroatoms. The highest BCUT2D eigenvalue weighted by Gasteiger charge is 2.69. The number of nitrogens with two attached hydrogens (primary N) is 1. The monoisotopic (exact) mass is 535 g/mol. The number of nitrogens with one attached hydrogen (secondary N) is 1. The second-order valence-electron chi connectivity index (χ2n) is 10.6. The summed E-state index contributed by atoms with van der Waals surface area (Å²) < 4.78 is 25.2. The lowest BCUT2D eigenvalue weighted by Crippen LogP contribution is -2.74. The number of alkyl halides is 2. The van der Waals surface area contributed by atoms with Gasteiger partial charge in [0.15, 0.2) is 34.7 Å². The van der Waals surface area contributed by atoms with Gasteiger partial charge in [0.2, 0.25) is 5.91 Å². The summed E-state index contributed by atoms with van der Waals surface area (Å²) in [6, 6.07) is 0.466. The van der Waals surface area contributed by atoms with E-state index < -0.39 is 83.1 Å². The minimum Gasteiger partial charge on any atom is -0.507 e. The van der Waals surface area contributed by atoms with Gasteiger partial charge in [-0.1, -0.05) is 13.0 Å². The fraction of sp³-hybridized carbons (Fsp3) is 0.577. The quantitative estimate of drug-likeness (QED) is 0.345. The topological polar surface area (TPSA) is 167 Å². The average Bonchev–Trinajstić information content (AvgIpc) is 2.82. The highest BCUT2D eigenvalue weighted by Crippen LogP contribution is 2.51. The Morgan fingerprint density at radius 3 is 2.42 bits per heavy atom. The van der Waals surface area contributed by atoms with E-state index in [0.29, 0.717) is 17.5 Å². The highest BCUT2D eigenvalue weighted by atomic mass is 19.3. The molecule has 3 aliphatic carbocycles. The van der Waals surface area contributed by atoms with Crippen LogP contribution in [0.1, 0.15) is 40.4 Å². The molecule has 0 heterocycles. The normalized spacial score (nSPS) is 30.9. The number of ketones is 4. The van der Waals surface area contributed by atoms with E-state index in [-0.39, 0.29) is 30.5 Å². The first-order valence-electron chi connectivity index (χ1n) is 12.5. The lowest BCUT2D eigenvalue weighted by Gasteiger charge is -2.52. The van der Waals surface area contributed by atoms with Gasteiger partial charge in [-0.3, -0.25) is 28.9 Å². The van der Waals surface area contributed by atoms with Gasteiger partial charge >= 0.3 is 0 Å². The number of hydrogen-bond acceptors (Lipinski definition) is 9. The van der Waals surface area contributed by atoms with E-state index >= 15 is 0 Å². The van der Waals surface area contributed by atoms with Crippen molar-refractivity contribution in [3.05, 3.63) is 28.3 Å². The third kappa shape index (κ3) is 4.05. The predicted molar refractivity (Wildman–Crippen MR) is 128 cm³/mol. The lowest BCUT2D eigenvalue weighted by molar-refractivity contribution is -0.181. The van der Waals surface area contributed by atoms with Gasteiger partial charge in [0.1, 0.15) is 5.75 Å². The van der Waals surface area contributed by atoms with Crippen LogP contribution in [0.5, 0.6) is 5.75 Å². The molecule has 0 aliphatic heterocycles. The van der Waals surface area contributed by atoms with Crippen LogP contribution in [0.2, 0.25) is 0 Å². The number of Topliss-reactive ketones (excluding diaryl/α,β-unsaturated/α-hetero) is 4. The van der Waals surface area contributed by atoms with Crippen LogP contribution in [0.25, 0.3) is 0 Å². The summed E-state index contributed by atoms with van der Waals surface area (Å²) >= 11 is 0. The van der Waals surface area contributed by atoms with Crippen LogP contribution in [0.4, 0.5) is 8.78 Å². The van der Waals surface area contributed by atoms with Gasteiger partial charge in [-0.15, -0.1) is 0 Å². The molecular weight excluding hydrogens is 504 g/mol. The van der Waals surface area contributed by atoms with Crippen molar-refractivity contribution >= 4 is 29.0 Å². The number of hydrogen-bond donors (Lipinski definition) is 4. The first-order valence-corrected chi connectivity index (χ1v) is 12.5. The van der Waals surface area contributed by atoms with Gasteiger partial charge in [-0.05, 0) is 50.4 Å². The van der Waals surface area contributed by atoms with E-state index in [4.69, 9.17) is 5.73 Å². The molecule has 1 aromatic rings. The molecule has 0 saturated heterocycles. The maximum absolute atomic E-state index is 13.8. The van der Waals surface area contributed by atoms with Crippen molar-refractivity contribution in [2.75, 3.05) is 20.6 Å². The molecule has 2 unspecified atom stereocenters. The molecule has 0 aromatic heterocycles. The van der Waals surface area contributed by atoms with E-state index in [1.54, 1.807) is 6.07 Å². The van der Waals surface area contributed by atoms with Crippen molar-refractivity contribution in [2.24, 2.45) is 29.4 Å². The lowest BCUT2D eigenvalue weighted by atomic mass is 9.52. The summed E-state index contributed by atoms with van der Waals surface area (Å²) in [7, 11) is 3.04. The SMILES string of the molecule is CCc1cc(CNCC(F)F)c(O)c2c1C[C@H]1C[C@H]3[C@H](N(C)C)C(=O)C(C(N)=O)C(=O)[C@@]3(O)C(=O)C1C2=O. The van der Waals surface area contributed by atoms with Crippen LogP contribution in [-0.4, -0.2) is 82.9 Å². The maximum Gasteiger partial charge on any atom is 0.250 e. The Kier molecular flexibility index (Phi) is 7.28. The summed E-state index contributed by atoms with van der Waals surface area (Å²) in [5.74, 6) is -11.2. The molecule has 2 saturated carbocycles. The van der Waals surface area contributed by atoms with E-state index in [9.17, 15) is 43.0 Å². The molecule has 4 rings (SSSR count). The Labute approximate surface area is 217 Å². The van der Waals surface area contributed by atoms with Gasteiger partial charge < -0.3 is 21.3 Å². The Morgan fingerprint density at radius 2 is 1.87 bits per heavy atom. The molecule has 1 amide bonds.